The molecule has 2 aromatic rings. The summed E-state index contributed by atoms with van der Waals surface area (Å²) in [5.74, 6) is 0. The second kappa shape index (κ2) is 4.18. The van der Waals surface area contributed by atoms with E-state index < -0.39 is 15.1 Å². The van der Waals surface area contributed by atoms with Crippen molar-refractivity contribution in [3.63, 3.8) is 0 Å². The van der Waals surface area contributed by atoms with Crippen LogP contribution in [-0.4, -0.2) is 23.6 Å². The second-order valence-electron chi connectivity index (χ2n) is 3.03. The van der Waals surface area contributed by atoms with Gasteiger partial charge in [0.25, 0.3) is 0 Å². The Morgan fingerprint density at radius 1 is 1.56 bits per heavy atom. The maximum Gasteiger partial charge on any atom is 0.215 e. The SMILES string of the molecule is C=CC(c1cn[nH]c1)S(=O)(=O)c1nccs1. The highest BCUT2D eigenvalue weighted by atomic mass is 32.2. The molecule has 0 saturated carbocycles. The number of aromatic amines is 1. The fraction of sp³-hybridized carbons (Fsp3) is 0.111. The number of hydrogen-bond acceptors (Lipinski definition) is 5. The zero-order valence-electron chi connectivity index (χ0n) is 8.20. The number of aromatic nitrogens is 3. The fourth-order valence-corrected chi connectivity index (χ4v) is 3.86. The third-order valence-electron chi connectivity index (χ3n) is 2.05. The summed E-state index contributed by atoms with van der Waals surface area (Å²) in [6.07, 6.45) is 5.85. The van der Waals surface area contributed by atoms with E-state index in [1.807, 2.05) is 0 Å². The maximum absolute atomic E-state index is 12.2. The standard InChI is InChI=1S/C9H9N3O2S2/c1-2-8(7-5-11-12-6-7)16(13,14)9-10-3-4-15-9/h2-6,8H,1H2,(H,11,12). The molecule has 0 radical (unpaired) electrons. The number of nitrogens with one attached hydrogen (secondary N) is 1. The Hall–Kier alpha value is -1.47. The summed E-state index contributed by atoms with van der Waals surface area (Å²) in [5, 5.41) is 7.13. The Labute approximate surface area is 96.8 Å². The smallest absolute Gasteiger partial charge is 0.215 e. The van der Waals surface area contributed by atoms with Crippen LogP contribution in [0.3, 0.4) is 0 Å². The summed E-state index contributed by atoms with van der Waals surface area (Å²) in [7, 11) is -3.50. The van der Waals surface area contributed by atoms with Gasteiger partial charge in [-0.3, -0.25) is 5.10 Å². The molecule has 0 aliphatic rings. The molecule has 2 aromatic heterocycles. The zero-order chi connectivity index (χ0) is 11.6. The van der Waals surface area contributed by atoms with Crippen LogP contribution >= 0.6 is 11.3 Å². The number of sulfone groups is 1. The summed E-state index contributed by atoms with van der Waals surface area (Å²) in [4.78, 5) is 3.82. The summed E-state index contributed by atoms with van der Waals surface area (Å²) < 4.78 is 24.4. The van der Waals surface area contributed by atoms with E-state index in [1.54, 1.807) is 5.38 Å². The van der Waals surface area contributed by atoms with Gasteiger partial charge in [0.05, 0.1) is 6.20 Å². The van der Waals surface area contributed by atoms with Gasteiger partial charge in [-0.05, 0) is 0 Å². The molecule has 5 nitrogen and oxygen atoms in total. The molecule has 0 spiro atoms. The first kappa shape index (κ1) is 11.0. The summed E-state index contributed by atoms with van der Waals surface area (Å²) in [6.45, 7) is 3.55. The first-order valence-electron chi connectivity index (χ1n) is 4.41. The van der Waals surface area contributed by atoms with Crippen molar-refractivity contribution < 1.29 is 8.42 Å². The Bertz CT molecular complexity index is 558. The molecule has 1 N–H and O–H groups in total. The minimum atomic E-state index is -3.50. The molecule has 0 fully saturated rings. The molecule has 0 bridgehead atoms. The average Bonchev–Trinajstić information content (AvgIpc) is 2.91. The van der Waals surface area contributed by atoms with E-state index in [1.165, 1.54) is 24.7 Å². The minimum absolute atomic E-state index is 0.0959. The van der Waals surface area contributed by atoms with Crippen molar-refractivity contribution in [3.05, 3.63) is 42.2 Å². The molecule has 2 heterocycles. The van der Waals surface area contributed by atoms with Gasteiger partial charge in [0.2, 0.25) is 14.2 Å². The molecule has 1 atom stereocenters. The predicted molar refractivity (Wildman–Crippen MR) is 60.8 cm³/mol. The summed E-state index contributed by atoms with van der Waals surface area (Å²) in [6, 6.07) is 0. The number of hydrogen-bond donors (Lipinski definition) is 1. The lowest BCUT2D eigenvalue weighted by atomic mass is 10.2. The Morgan fingerprint density at radius 3 is 2.88 bits per heavy atom. The van der Waals surface area contributed by atoms with Crippen LogP contribution in [0.4, 0.5) is 0 Å². The van der Waals surface area contributed by atoms with Gasteiger partial charge in [-0.25, -0.2) is 13.4 Å². The van der Waals surface area contributed by atoms with Gasteiger partial charge in [0.1, 0.15) is 5.25 Å². The van der Waals surface area contributed by atoms with Crippen molar-refractivity contribution in [1.29, 1.82) is 0 Å². The monoisotopic (exact) mass is 255 g/mol. The highest BCUT2D eigenvalue weighted by Gasteiger charge is 2.29. The van der Waals surface area contributed by atoms with E-state index in [-0.39, 0.29) is 4.34 Å². The van der Waals surface area contributed by atoms with Gasteiger partial charge >= 0.3 is 0 Å². The Kier molecular flexibility index (Phi) is 2.88. The van der Waals surface area contributed by atoms with Crippen molar-refractivity contribution >= 4 is 21.2 Å². The molecule has 0 amide bonds. The van der Waals surface area contributed by atoms with Crippen LogP contribution in [0.1, 0.15) is 10.8 Å². The van der Waals surface area contributed by atoms with Crippen molar-refractivity contribution in [2.45, 2.75) is 9.59 Å². The molecular weight excluding hydrogens is 246 g/mol. The number of rotatable bonds is 4. The van der Waals surface area contributed by atoms with Crippen molar-refractivity contribution in [1.82, 2.24) is 15.2 Å². The van der Waals surface area contributed by atoms with E-state index in [0.717, 1.165) is 11.3 Å². The van der Waals surface area contributed by atoms with E-state index in [9.17, 15) is 8.42 Å². The number of nitrogens with zero attached hydrogens (tertiary/aromatic N) is 2. The van der Waals surface area contributed by atoms with E-state index in [4.69, 9.17) is 0 Å². The van der Waals surface area contributed by atoms with Crippen LogP contribution in [0, 0.1) is 0 Å². The molecule has 84 valence electrons. The zero-order valence-corrected chi connectivity index (χ0v) is 9.83. The lowest BCUT2D eigenvalue weighted by Crippen LogP contribution is -2.10. The summed E-state index contributed by atoms with van der Waals surface area (Å²) in [5.41, 5.74) is 0.560. The largest absolute Gasteiger partial charge is 0.285 e. The maximum atomic E-state index is 12.2. The quantitative estimate of drug-likeness (QED) is 0.841. The molecule has 7 heteroatoms. The predicted octanol–water partition coefficient (Wildman–Crippen LogP) is 1.57. The Balaban J connectivity index is 2.47. The first-order valence-corrected chi connectivity index (χ1v) is 6.83. The highest BCUT2D eigenvalue weighted by molar-refractivity contribution is 7.93. The van der Waals surface area contributed by atoms with Gasteiger partial charge in [-0.15, -0.1) is 17.9 Å². The second-order valence-corrected chi connectivity index (χ2v) is 6.17. The normalized spacial score (nSPS) is 13.5. The van der Waals surface area contributed by atoms with Crippen LogP contribution in [0.5, 0.6) is 0 Å². The van der Waals surface area contributed by atoms with E-state index >= 15 is 0 Å². The van der Waals surface area contributed by atoms with Crippen LogP contribution in [-0.2, 0) is 9.84 Å². The molecule has 0 aliphatic carbocycles. The van der Waals surface area contributed by atoms with E-state index in [0.29, 0.717) is 5.56 Å². The summed E-state index contributed by atoms with van der Waals surface area (Å²) >= 11 is 1.09. The molecule has 0 aromatic carbocycles. The third kappa shape index (κ3) is 1.79. The van der Waals surface area contributed by atoms with E-state index in [2.05, 4.69) is 21.8 Å². The highest BCUT2D eigenvalue weighted by Crippen LogP contribution is 2.29. The first-order chi connectivity index (χ1) is 7.66. The van der Waals surface area contributed by atoms with Gasteiger partial charge in [-0.2, -0.15) is 5.10 Å². The fourth-order valence-electron chi connectivity index (χ4n) is 1.32. The molecule has 1 unspecified atom stereocenters. The minimum Gasteiger partial charge on any atom is -0.285 e. The molecule has 0 saturated heterocycles. The van der Waals surface area contributed by atoms with Crippen molar-refractivity contribution in [2.75, 3.05) is 0 Å². The van der Waals surface area contributed by atoms with Gasteiger partial charge in [0.15, 0.2) is 0 Å². The molecule has 16 heavy (non-hydrogen) atoms. The molecule has 0 aliphatic heterocycles. The van der Waals surface area contributed by atoms with Gasteiger partial charge in [-0.1, -0.05) is 6.08 Å². The average molecular weight is 255 g/mol. The van der Waals surface area contributed by atoms with Crippen LogP contribution in [0.15, 0.2) is 41.0 Å². The number of H-pyrrole nitrogens is 1. The van der Waals surface area contributed by atoms with Crippen LogP contribution in [0.25, 0.3) is 0 Å². The molecule has 2 rings (SSSR count). The Morgan fingerprint density at radius 2 is 2.38 bits per heavy atom. The van der Waals surface area contributed by atoms with Gasteiger partial charge < -0.3 is 0 Å². The van der Waals surface area contributed by atoms with Crippen molar-refractivity contribution in [3.8, 4) is 0 Å². The van der Waals surface area contributed by atoms with Crippen LogP contribution < -0.4 is 0 Å². The lowest BCUT2D eigenvalue weighted by Gasteiger charge is -2.08. The number of thiazole rings is 1. The topological polar surface area (TPSA) is 75.7 Å². The van der Waals surface area contributed by atoms with Crippen molar-refractivity contribution in [2.24, 2.45) is 0 Å². The molecular formula is C9H9N3O2S2. The third-order valence-corrected chi connectivity index (χ3v) is 5.33. The van der Waals surface area contributed by atoms with Crippen LogP contribution in [0.2, 0.25) is 0 Å². The van der Waals surface area contributed by atoms with Gasteiger partial charge in [0, 0.05) is 23.3 Å². The lowest BCUT2D eigenvalue weighted by molar-refractivity contribution is 0.589.